The van der Waals surface area contributed by atoms with Crippen molar-refractivity contribution in [3.63, 3.8) is 0 Å². The number of piperidine rings is 1. The zero-order valence-corrected chi connectivity index (χ0v) is 28.5. The summed E-state index contributed by atoms with van der Waals surface area (Å²) in [6, 6.07) is 7.58. The number of rotatable bonds is 10. The van der Waals surface area contributed by atoms with Crippen LogP contribution in [0, 0.1) is 34.5 Å². The molecule has 14 nitrogen and oxygen atoms in total. The third-order valence-electron chi connectivity index (χ3n) is 13.1. The standard InChI is InChI=1S/C35H45NO13/c1-17(38)47-21-12-22(44-4)34-20-13-33(42)29(48-31(41)19-10-8-7-9-11-19)23(20)35(49-18(2)39,28(40)30(33)46-6)24-25(45-5)26(34)32(21,15-43-3)14-36(16-37)27(24)34/h7-11,16,20-30,40,42H,12-15H2,1-6H3/t20-,21?,22+,23-,24+,25+,26-,27-,28+,29-,30+,32+,33+,34+,35-/m1/s1. The zero-order valence-electron chi connectivity index (χ0n) is 28.5. The Balaban J connectivity index is 1.53. The number of hydrogen-bond donors (Lipinski definition) is 2. The molecule has 2 N–H and O–H groups in total. The number of esters is 3. The van der Waals surface area contributed by atoms with Crippen LogP contribution in [0.3, 0.4) is 0 Å². The van der Waals surface area contributed by atoms with Gasteiger partial charge in [0.25, 0.3) is 0 Å². The molecule has 7 rings (SSSR count). The molecule has 5 aliphatic carbocycles. The average Bonchev–Trinajstić information content (AvgIpc) is 3.44. The maximum atomic E-state index is 13.8. The number of hydrogen-bond acceptors (Lipinski definition) is 13. The van der Waals surface area contributed by atoms with Crippen LogP contribution in [0.5, 0.6) is 0 Å². The van der Waals surface area contributed by atoms with Gasteiger partial charge in [-0.2, -0.15) is 0 Å². The highest BCUT2D eigenvalue weighted by atomic mass is 16.6. The van der Waals surface area contributed by atoms with Crippen LogP contribution in [0.2, 0.25) is 0 Å². The van der Waals surface area contributed by atoms with Crippen molar-refractivity contribution in [1.82, 2.24) is 4.90 Å². The third kappa shape index (κ3) is 4.09. The Morgan fingerprint density at radius 3 is 2.22 bits per heavy atom. The van der Waals surface area contributed by atoms with Gasteiger partial charge < -0.3 is 48.3 Å². The number of nitrogens with zero attached hydrogens (tertiary/aromatic N) is 1. The highest BCUT2D eigenvalue weighted by Gasteiger charge is 2.92. The Morgan fingerprint density at radius 2 is 1.65 bits per heavy atom. The first-order valence-electron chi connectivity index (χ1n) is 16.7. The van der Waals surface area contributed by atoms with Crippen LogP contribution in [-0.2, 0) is 47.5 Å². The summed E-state index contributed by atoms with van der Waals surface area (Å²) < 4.78 is 43.2. The minimum atomic E-state index is -1.95. The summed E-state index contributed by atoms with van der Waals surface area (Å²) in [6.45, 7) is 2.72. The van der Waals surface area contributed by atoms with Gasteiger partial charge in [0.1, 0.15) is 30.0 Å². The van der Waals surface area contributed by atoms with E-state index in [1.807, 2.05) is 0 Å². The summed E-state index contributed by atoms with van der Waals surface area (Å²) in [6.07, 6.45) is -5.73. The lowest BCUT2D eigenvalue weighted by atomic mass is 9.42. The molecule has 1 aromatic rings. The molecule has 1 aliphatic heterocycles. The SMILES string of the molecule is COC[C@]12CN(C=O)[C@@H]3[C@@H]4[C@H](OC)[C@H]1[C@@]3([C@@H](OC)CC2OC(C)=O)[C@@H]1C[C@]2(O)[C@H](OC(=O)c3ccccc3)[C@@H]1[C@]4(OC(C)=O)[C@@H](O)[C@@H]2OC. The summed E-state index contributed by atoms with van der Waals surface area (Å²) in [4.78, 5) is 54.6. The Labute approximate surface area is 284 Å². The molecule has 1 spiro atoms. The number of carbonyl (C=O) groups is 4. The summed E-state index contributed by atoms with van der Waals surface area (Å²) in [5.41, 5.74) is -5.68. The Morgan fingerprint density at radius 1 is 0.939 bits per heavy atom. The monoisotopic (exact) mass is 687 g/mol. The predicted molar refractivity (Wildman–Crippen MR) is 166 cm³/mol. The van der Waals surface area contributed by atoms with Crippen LogP contribution < -0.4 is 0 Å². The largest absolute Gasteiger partial charge is 0.462 e. The second-order valence-electron chi connectivity index (χ2n) is 14.7. The Hall–Kier alpha value is -3.14. The van der Waals surface area contributed by atoms with E-state index in [-0.39, 0.29) is 31.6 Å². The zero-order chi connectivity index (χ0) is 35.3. The van der Waals surface area contributed by atoms with Gasteiger partial charge in [-0.1, -0.05) is 18.2 Å². The quantitative estimate of drug-likeness (QED) is 0.196. The number of benzene rings is 1. The fourth-order valence-electron chi connectivity index (χ4n) is 12.4. The van der Waals surface area contributed by atoms with Crippen molar-refractivity contribution in [2.45, 2.75) is 80.6 Å². The third-order valence-corrected chi connectivity index (χ3v) is 13.1. The number of methoxy groups -OCH3 is 4. The fourth-order valence-corrected chi connectivity index (χ4v) is 12.4. The van der Waals surface area contributed by atoms with E-state index in [2.05, 4.69) is 0 Å². The molecule has 0 aromatic heterocycles. The van der Waals surface area contributed by atoms with E-state index in [0.717, 1.165) is 6.41 Å². The van der Waals surface area contributed by atoms with E-state index in [0.29, 0.717) is 0 Å². The molecule has 7 bridgehead atoms. The van der Waals surface area contributed by atoms with E-state index in [1.165, 1.54) is 35.2 Å². The number of aliphatic hydroxyl groups is 2. The van der Waals surface area contributed by atoms with Crippen LogP contribution in [0.15, 0.2) is 30.3 Å². The molecule has 1 unspecified atom stereocenters. The van der Waals surface area contributed by atoms with E-state index in [9.17, 15) is 29.4 Å². The van der Waals surface area contributed by atoms with Crippen molar-refractivity contribution in [3.8, 4) is 0 Å². The van der Waals surface area contributed by atoms with Crippen molar-refractivity contribution in [2.75, 3.05) is 41.6 Å². The minimum absolute atomic E-state index is 0.0625. The molecular formula is C35H45NO13. The van der Waals surface area contributed by atoms with Gasteiger partial charge in [0.05, 0.1) is 29.8 Å². The van der Waals surface area contributed by atoms with Crippen molar-refractivity contribution in [2.24, 2.45) is 34.5 Å². The second kappa shape index (κ2) is 11.7. The van der Waals surface area contributed by atoms with E-state index in [4.69, 9.17) is 33.2 Å². The van der Waals surface area contributed by atoms with Crippen molar-refractivity contribution in [3.05, 3.63) is 35.9 Å². The van der Waals surface area contributed by atoms with Gasteiger partial charge in [-0.05, 0) is 24.5 Å². The highest BCUT2D eigenvalue weighted by molar-refractivity contribution is 5.89. The highest BCUT2D eigenvalue weighted by Crippen LogP contribution is 2.80. The van der Waals surface area contributed by atoms with Gasteiger partial charge in [0.15, 0.2) is 5.60 Å². The number of likely N-dealkylation sites (tertiary alicyclic amines) is 1. The van der Waals surface area contributed by atoms with E-state index in [1.54, 1.807) is 42.3 Å². The molecule has 6 aliphatic rings. The molecule has 6 fully saturated rings. The van der Waals surface area contributed by atoms with Gasteiger partial charge >= 0.3 is 17.9 Å². The van der Waals surface area contributed by atoms with Gasteiger partial charge in [-0.3, -0.25) is 14.4 Å². The first kappa shape index (κ1) is 34.3. The minimum Gasteiger partial charge on any atom is -0.462 e. The molecule has 1 saturated heterocycles. The fraction of sp³-hybridized carbons (Fsp3) is 0.714. The van der Waals surface area contributed by atoms with E-state index < -0.39 is 106 Å². The second-order valence-corrected chi connectivity index (χ2v) is 14.7. The lowest BCUT2D eigenvalue weighted by Crippen LogP contribution is -2.81. The summed E-state index contributed by atoms with van der Waals surface area (Å²) in [7, 11) is 5.93. The Bertz CT molecular complexity index is 1510. The molecular weight excluding hydrogens is 642 g/mol. The molecule has 1 heterocycles. The lowest BCUT2D eigenvalue weighted by molar-refractivity contribution is -0.319. The molecule has 0 radical (unpaired) electrons. The van der Waals surface area contributed by atoms with Gasteiger partial charge in [0.2, 0.25) is 6.41 Å². The Kier molecular flexibility index (Phi) is 8.20. The van der Waals surface area contributed by atoms with Gasteiger partial charge in [-0.25, -0.2) is 4.79 Å². The van der Waals surface area contributed by atoms with Crippen molar-refractivity contribution < 1.29 is 62.5 Å². The van der Waals surface area contributed by atoms with Crippen LogP contribution >= 0.6 is 0 Å². The molecule has 14 heteroatoms. The number of amides is 1. The smallest absolute Gasteiger partial charge is 0.338 e. The molecule has 1 aromatic carbocycles. The van der Waals surface area contributed by atoms with Crippen LogP contribution in [0.4, 0.5) is 0 Å². The normalized spacial score (nSPS) is 46.9. The number of fused-ring (bicyclic) bond motifs is 2. The maximum absolute atomic E-state index is 13.8. The van der Waals surface area contributed by atoms with Gasteiger partial charge in [0, 0.05) is 84.5 Å². The molecule has 5 saturated carbocycles. The predicted octanol–water partition coefficient (Wildman–Crippen LogP) is 0.355. The number of aliphatic hydroxyl groups excluding tert-OH is 1. The summed E-state index contributed by atoms with van der Waals surface area (Å²) in [5.74, 6) is -5.14. The molecule has 268 valence electrons. The molecule has 49 heavy (non-hydrogen) atoms. The van der Waals surface area contributed by atoms with Crippen molar-refractivity contribution >= 4 is 24.3 Å². The van der Waals surface area contributed by atoms with Gasteiger partial charge in [-0.15, -0.1) is 0 Å². The van der Waals surface area contributed by atoms with Crippen molar-refractivity contribution in [1.29, 1.82) is 0 Å². The topological polar surface area (TPSA) is 177 Å². The van der Waals surface area contributed by atoms with E-state index >= 15 is 0 Å². The molecule has 15 atom stereocenters. The van der Waals surface area contributed by atoms with Crippen LogP contribution in [0.1, 0.15) is 37.0 Å². The summed E-state index contributed by atoms with van der Waals surface area (Å²) in [5, 5.41) is 25.3. The first-order valence-corrected chi connectivity index (χ1v) is 16.7. The summed E-state index contributed by atoms with van der Waals surface area (Å²) >= 11 is 0. The maximum Gasteiger partial charge on any atom is 0.338 e. The van der Waals surface area contributed by atoms with Crippen LogP contribution in [-0.4, -0.2) is 135 Å². The first-order chi connectivity index (χ1) is 23.4. The average molecular weight is 688 g/mol. The lowest BCUT2D eigenvalue weighted by Gasteiger charge is -2.69. The number of ether oxygens (including phenoxy) is 7. The number of carbonyl (C=O) groups excluding carboxylic acids is 4. The molecule has 1 amide bonds. The van der Waals surface area contributed by atoms with Crippen LogP contribution in [0.25, 0.3) is 0 Å².